The first-order valence-corrected chi connectivity index (χ1v) is 7.92. The maximum Gasteiger partial charge on any atom is 0.274 e. The lowest BCUT2D eigenvalue weighted by Crippen LogP contribution is -2.26. The van der Waals surface area contributed by atoms with Crippen LogP contribution in [-0.2, 0) is 0 Å². The van der Waals surface area contributed by atoms with E-state index in [2.05, 4.69) is 9.97 Å². The highest BCUT2D eigenvalue weighted by Gasteiger charge is 2.18. The second-order valence-electron chi connectivity index (χ2n) is 5.60. The van der Waals surface area contributed by atoms with Crippen LogP contribution in [0.4, 0.5) is 5.69 Å². The molecule has 0 saturated carbocycles. The molecule has 5 heteroatoms. The minimum absolute atomic E-state index is 0.150. The molecule has 118 valence electrons. The number of carbonyl (C=O) groups excluding carboxylic acids is 1. The van der Waals surface area contributed by atoms with Crippen LogP contribution in [0.5, 0.6) is 0 Å². The zero-order valence-electron chi connectivity index (χ0n) is 13.0. The van der Waals surface area contributed by atoms with Crippen molar-refractivity contribution in [2.24, 2.45) is 0 Å². The number of carbonyl (C=O) groups is 1. The first kappa shape index (κ1) is 14.7. The van der Waals surface area contributed by atoms with Gasteiger partial charge in [0.25, 0.3) is 5.91 Å². The number of hydrogen-bond donors (Lipinski definition) is 1. The molecule has 2 heterocycles. The van der Waals surface area contributed by atoms with E-state index in [1.165, 1.54) is 0 Å². The fourth-order valence-electron chi connectivity index (χ4n) is 2.87. The molecular formula is C19H14ClN3O. The molecule has 0 atom stereocenters. The molecule has 0 radical (unpaired) electrons. The molecule has 1 amide bonds. The smallest absolute Gasteiger partial charge is 0.274 e. The van der Waals surface area contributed by atoms with E-state index in [1.807, 2.05) is 48.5 Å². The molecule has 0 unspecified atom stereocenters. The van der Waals surface area contributed by atoms with Gasteiger partial charge in [-0.2, -0.15) is 0 Å². The van der Waals surface area contributed by atoms with Crippen molar-refractivity contribution < 1.29 is 4.79 Å². The van der Waals surface area contributed by atoms with Gasteiger partial charge in [0.05, 0.1) is 21.7 Å². The molecule has 24 heavy (non-hydrogen) atoms. The Morgan fingerprint density at radius 1 is 1.08 bits per heavy atom. The third kappa shape index (κ3) is 2.32. The van der Waals surface area contributed by atoms with Gasteiger partial charge in [-0.15, -0.1) is 0 Å². The Balaban J connectivity index is 1.80. The summed E-state index contributed by atoms with van der Waals surface area (Å²) in [6, 6.07) is 17.0. The maximum absolute atomic E-state index is 12.8. The normalized spacial score (nSPS) is 11.1. The predicted octanol–water partition coefficient (Wildman–Crippen LogP) is 4.65. The molecule has 4 rings (SSSR count). The third-order valence-electron chi connectivity index (χ3n) is 4.12. The van der Waals surface area contributed by atoms with E-state index in [4.69, 9.17) is 11.6 Å². The van der Waals surface area contributed by atoms with E-state index in [1.54, 1.807) is 24.2 Å². The fourth-order valence-corrected chi connectivity index (χ4v) is 3.13. The minimum atomic E-state index is -0.150. The van der Waals surface area contributed by atoms with Gasteiger partial charge in [-0.3, -0.25) is 9.78 Å². The minimum Gasteiger partial charge on any atom is -0.349 e. The van der Waals surface area contributed by atoms with Crippen LogP contribution < -0.4 is 4.90 Å². The molecule has 0 saturated heterocycles. The van der Waals surface area contributed by atoms with Crippen LogP contribution in [0.15, 0.2) is 60.8 Å². The lowest BCUT2D eigenvalue weighted by Gasteiger charge is -2.17. The average Bonchev–Trinajstić information content (AvgIpc) is 3.05. The molecular weight excluding hydrogens is 322 g/mol. The van der Waals surface area contributed by atoms with Crippen LogP contribution in [0.2, 0.25) is 5.02 Å². The number of H-pyrrole nitrogens is 1. The van der Waals surface area contributed by atoms with E-state index in [-0.39, 0.29) is 5.91 Å². The van der Waals surface area contributed by atoms with Gasteiger partial charge in [-0.25, -0.2) is 0 Å². The first-order chi connectivity index (χ1) is 11.6. The van der Waals surface area contributed by atoms with Crippen molar-refractivity contribution in [3.05, 3.63) is 71.5 Å². The quantitative estimate of drug-likeness (QED) is 0.580. The first-order valence-electron chi connectivity index (χ1n) is 7.54. The Morgan fingerprint density at radius 3 is 2.71 bits per heavy atom. The maximum atomic E-state index is 12.8. The Labute approximate surface area is 143 Å². The number of aromatic amines is 1. The van der Waals surface area contributed by atoms with Crippen molar-refractivity contribution >= 4 is 45.0 Å². The molecule has 2 aromatic carbocycles. The number of benzene rings is 2. The van der Waals surface area contributed by atoms with Gasteiger partial charge in [-0.05, 0) is 24.3 Å². The summed E-state index contributed by atoms with van der Waals surface area (Å²) < 4.78 is 0. The largest absolute Gasteiger partial charge is 0.349 e. The fraction of sp³-hybridized carbons (Fsp3) is 0.0526. The van der Waals surface area contributed by atoms with Gasteiger partial charge in [0, 0.05) is 24.0 Å². The van der Waals surface area contributed by atoms with Crippen LogP contribution in [0.1, 0.15) is 10.5 Å². The summed E-state index contributed by atoms with van der Waals surface area (Å²) >= 11 is 6.19. The summed E-state index contributed by atoms with van der Waals surface area (Å²) in [5, 5.41) is 2.53. The van der Waals surface area contributed by atoms with E-state index in [0.29, 0.717) is 16.4 Å². The van der Waals surface area contributed by atoms with Gasteiger partial charge in [0.2, 0.25) is 0 Å². The highest BCUT2D eigenvalue weighted by Crippen LogP contribution is 2.27. The van der Waals surface area contributed by atoms with Crippen molar-refractivity contribution in [1.29, 1.82) is 0 Å². The third-order valence-corrected chi connectivity index (χ3v) is 4.43. The monoisotopic (exact) mass is 335 g/mol. The molecule has 2 aromatic heterocycles. The Kier molecular flexibility index (Phi) is 3.47. The molecule has 0 aliphatic rings. The van der Waals surface area contributed by atoms with Gasteiger partial charge in [0.15, 0.2) is 0 Å². The van der Waals surface area contributed by atoms with Crippen molar-refractivity contribution in [2.45, 2.75) is 0 Å². The molecule has 0 aliphatic carbocycles. The summed E-state index contributed by atoms with van der Waals surface area (Å²) in [6.07, 6.45) is 1.75. The number of nitrogens with one attached hydrogen (secondary N) is 1. The number of anilines is 1. The number of nitrogens with zero attached hydrogens (tertiary/aromatic N) is 2. The Bertz CT molecular complexity index is 1070. The van der Waals surface area contributed by atoms with Gasteiger partial charge < -0.3 is 9.88 Å². The summed E-state index contributed by atoms with van der Waals surface area (Å²) in [5.74, 6) is -0.150. The lowest BCUT2D eigenvalue weighted by molar-refractivity contribution is 0.0989. The molecule has 0 aliphatic heterocycles. The van der Waals surface area contributed by atoms with Crippen molar-refractivity contribution in [1.82, 2.24) is 9.97 Å². The van der Waals surface area contributed by atoms with Gasteiger partial charge >= 0.3 is 0 Å². The van der Waals surface area contributed by atoms with Crippen LogP contribution in [0.3, 0.4) is 0 Å². The Morgan fingerprint density at radius 2 is 1.88 bits per heavy atom. The molecule has 0 bridgehead atoms. The summed E-state index contributed by atoms with van der Waals surface area (Å²) in [4.78, 5) is 22.0. The number of amides is 1. The van der Waals surface area contributed by atoms with E-state index < -0.39 is 0 Å². The van der Waals surface area contributed by atoms with Crippen LogP contribution in [-0.4, -0.2) is 22.9 Å². The predicted molar refractivity (Wildman–Crippen MR) is 97.8 cm³/mol. The standard InChI is InChI=1S/C19H14ClN3O/c1-23(16-7-3-2-6-14(16)20)19(24)15-11-13-9-8-12-5-4-10-21-17(12)18(13)22-15/h2-11,22H,1H3. The zero-order valence-corrected chi connectivity index (χ0v) is 13.7. The molecule has 4 aromatic rings. The summed E-state index contributed by atoms with van der Waals surface area (Å²) in [6.45, 7) is 0. The number of para-hydroxylation sites is 1. The highest BCUT2D eigenvalue weighted by molar-refractivity contribution is 6.34. The van der Waals surface area contributed by atoms with Crippen molar-refractivity contribution in [2.75, 3.05) is 11.9 Å². The highest BCUT2D eigenvalue weighted by atomic mass is 35.5. The van der Waals surface area contributed by atoms with Crippen molar-refractivity contribution in [3.8, 4) is 0 Å². The number of rotatable bonds is 2. The van der Waals surface area contributed by atoms with Crippen LogP contribution >= 0.6 is 11.6 Å². The van der Waals surface area contributed by atoms with Crippen LogP contribution in [0.25, 0.3) is 21.8 Å². The van der Waals surface area contributed by atoms with Crippen LogP contribution in [0, 0.1) is 0 Å². The van der Waals surface area contributed by atoms with Crippen molar-refractivity contribution in [3.63, 3.8) is 0 Å². The van der Waals surface area contributed by atoms with E-state index in [9.17, 15) is 4.79 Å². The Hall–Kier alpha value is -2.85. The van der Waals surface area contributed by atoms with E-state index >= 15 is 0 Å². The SMILES string of the molecule is CN(C(=O)c1cc2ccc3cccnc3c2[nH]1)c1ccccc1Cl. The van der Waals surface area contributed by atoms with E-state index in [0.717, 1.165) is 21.8 Å². The number of halogens is 1. The average molecular weight is 336 g/mol. The van der Waals surface area contributed by atoms with Gasteiger partial charge in [-0.1, -0.05) is 41.9 Å². The topological polar surface area (TPSA) is 49.0 Å². The zero-order chi connectivity index (χ0) is 16.7. The molecule has 0 spiro atoms. The summed E-state index contributed by atoms with van der Waals surface area (Å²) in [7, 11) is 1.71. The second kappa shape index (κ2) is 5.65. The number of fused-ring (bicyclic) bond motifs is 3. The second-order valence-corrected chi connectivity index (χ2v) is 6.01. The molecule has 1 N–H and O–H groups in total. The lowest BCUT2D eigenvalue weighted by atomic mass is 10.1. The summed E-state index contributed by atoms with van der Waals surface area (Å²) in [5.41, 5.74) is 2.90. The molecule has 0 fully saturated rings. The number of pyridine rings is 1. The van der Waals surface area contributed by atoms with Gasteiger partial charge in [0.1, 0.15) is 5.69 Å². The number of hydrogen-bond acceptors (Lipinski definition) is 2. The molecule has 4 nitrogen and oxygen atoms in total. The number of aromatic nitrogens is 2.